The van der Waals surface area contributed by atoms with E-state index >= 15 is 0 Å². The molecule has 0 bridgehead atoms. The molecule has 1 saturated heterocycles. The fourth-order valence-electron chi connectivity index (χ4n) is 3.25. The average Bonchev–Trinajstić information content (AvgIpc) is 2.61. The molecule has 1 aromatic carbocycles. The minimum atomic E-state index is -3.91. The van der Waals surface area contributed by atoms with Gasteiger partial charge in [0, 0.05) is 26.1 Å². The Hall–Kier alpha value is -1.93. The molecule has 1 heterocycles. The van der Waals surface area contributed by atoms with Gasteiger partial charge in [0.25, 0.3) is 10.0 Å². The van der Waals surface area contributed by atoms with Crippen LogP contribution in [0.25, 0.3) is 0 Å². The van der Waals surface area contributed by atoms with E-state index in [1.165, 1.54) is 19.1 Å². The minimum Gasteiger partial charge on any atom is -0.352 e. The van der Waals surface area contributed by atoms with Crippen LogP contribution >= 0.6 is 0 Å². The first-order valence-corrected chi connectivity index (χ1v) is 10.8. The first kappa shape index (κ1) is 21.4. The molecule has 2 atom stereocenters. The van der Waals surface area contributed by atoms with Crippen molar-refractivity contribution in [2.75, 3.05) is 13.1 Å². The first-order valence-electron chi connectivity index (χ1n) is 9.34. The lowest BCUT2D eigenvalue weighted by Gasteiger charge is -2.37. The maximum Gasteiger partial charge on any atom is 0.264 e. The Kier molecular flexibility index (Phi) is 7.38. The number of benzene rings is 1. The van der Waals surface area contributed by atoms with Crippen molar-refractivity contribution < 1.29 is 18.0 Å². The zero-order chi connectivity index (χ0) is 20.0. The third-order valence-electron chi connectivity index (χ3n) is 5.06. The molecule has 7 nitrogen and oxygen atoms in total. The summed E-state index contributed by atoms with van der Waals surface area (Å²) in [5.74, 6) is -0.112. The maximum absolute atomic E-state index is 12.4. The topological polar surface area (TPSA) is 95.6 Å². The third-order valence-corrected chi connectivity index (χ3v) is 6.45. The minimum absolute atomic E-state index is 0.0283. The summed E-state index contributed by atoms with van der Waals surface area (Å²) in [7, 11) is -3.91. The van der Waals surface area contributed by atoms with Crippen molar-refractivity contribution in [3.05, 3.63) is 29.8 Å². The van der Waals surface area contributed by atoms with Crippen LogP contribution in [0.15, 0.2) is 29.2 Å². The fourth-order valence-corrected chi connectivity index (χ4v) is 4.23. The second kappa shape index (κ2) is 9.32. The van der Waals surface area contributed by atoms with Crippen LogP contribution in [0.4, 0.5) is 0 Å². The molecule has 27 heavy (non-hydrogen) atoms. The van der Waals surface area contributed by atoms with Gasteiger partial charge in [-0.1, -0.05) is 25.5 Å². The van der Waals surface area contributed by atoms with E-state index in [0.717, 1.165) is 31.4 Å². The van der Waals surface area contributed by atoms with Crippen LogP contribution in [0, 0.1) is 5.92 Å². The summed E-state index contributed by atoms with van der Waals surface area (Å²) in [5, 5.41) is 2.65. The summed E-state index contributed by atoms with van der Waals surface area (Å²) in [6, 6.07) is 6.38. The Morgan fingerprint density at radius 1 is 1.19 bits per heavy atom. The molecule has 0 unspecified atom stereocenters. The summed E-state index contributed by atoms with van der Waals surface area (Å²) < 4.78 is 27.1. The SMILES string of the molecule is CC[C@@H]1CC[C@@H](C)N(CC(=O)NS(=O)(=O)c2ccc(CNC(C)=O)cc2)C1. The average molecular weight is 396 g/mol. The van der Waals surface area contributed by atoms with Gasteiger partial charge in [-0.05, 0) is 43.4 Å². The number of sulfonamides is 1. The smallest absolute Gasteiger partial charge is 0.264 e. The van der Waals surface area contributed by atoms with Gasteiger partial charge in [-0.25, -0.2) is 13.1 Å². The Balaban J connectivity index is 1.96. The molecule has 0 radical (unpaired) electrons. The van der Waals surface area contributed by atoms with Gasteiger partial charge in [0.2, 0.25) is 11.8 Å². The summed E-state index contributed by atoms with van der Waals surface area (Å²) in [6.45, 7) is 6.86. The highest BCUT2D eigenvalue weighted by Crippen LogP contribution is 2.23. The number of carbonyl (C=O) groups is 2. The number of hydrogen-bond acceptors (Lipinski definition) is 5. The standard InChI is InChI=1S/C19H29N3O4S/c1-4-16-6-5-14(2)22(12-16)13-19(24)21-27(25,26)18-9-7-17(8-10-18)11-20-15(3)23/h7-10,14,16H,4-6,11-13H2,1-3H3,(H,20,23)(H,21,24)/t14-,16-/m1/s1. The Morgan fingerprint density at radius 2 is 1.85 bits per heavy atom. The fraction of sp³-hybridized carbons (Fsp3) is 0.579. The number of piperidine rings is 1. The maximum atomic E-state index is 12.4. The normalized spacial score (nSPS) is 20.9. The summed E-state index contributed by atoms with van der Waals surface area (Å²) in [4.78, 5) is 25.3. The molecule has 2 N–H and O–H groups in total. The van der Waals surface area contributed by atoms with Crippen LogP contribution in [0.1, 0.15) is 45.6 Å². The third kappa shape index (κ3) is 6.32. The highest BCUT2D eigenvalue weighted by Gasteiger charge is 2.27. The second-order valence-corrected chi connectivity index (χ2v) is 8.89. The van der Waals surface area contributed by atoms with Crippen LogP contribution in [0.5, 0.6) is 0 Å². The molecular formula is C19H29N3O4S. The van der Waals surface area contributed by atoms with Crippen molar-refractivity contribution in [2.45, 2.75) is 57.5 Å². The predicted molar refractivity (Wildman–Crippen MR) is 103 cm³/mol. The van der Waals surface area contributed by atoms with Gasteiger partial charge in [0.1, 0.15) is 0 Å². The van der Waals surface area contributed by atoms with Crippen molar-refractivity contribution >= 4 is 21.8 Å². The highest BCUT2D eigenvalue weighted by atomic mass is 32.2. The van der Waals surface area contributed by atoms with Gasteiger partial charge in [0.15, 0.2) is 0 Å². The number of likely N-dealkylation sites (tertiary alicyclic amines) is 1. The van der Waals surface area contributed by atoms with Crippen molar-refractivity contribution in [1.82, 2.24) is 14.9 Å². The van der Waals surface area contributed by atoms with Gasteiger partial charge in [-0.3, -0.25) is 14.5 Å². The van der Waals surface area contributed by atoms with E-state index in [9.17, 15) is 18.0 Å². The molecule has 2 amide bonds. The van der Waals surface area contributed by atoms with Crippen LogP contribution in [0.2, 0.25) is 0 Å². The number of nitrogens with one attached hydrogen (secondary N) is 2. The number of hydrogen-bond donors (Lipinski definition) is 2. The molecule has 1 fully saturated rings. The summed E-state index contributed by atoms with van der Waals surface area (Å²) in [6.07, 6.45) is 3.24. The molecule has 2 rings (SSSR count). The molecule has 150 valence electrons. The highest BCUT2D eigenvalue weighted by molar-refractivity contribution is 7.90. The molecule has 1 aliphatic heterocycles. The van der Waals surface area contributed by atoms with Gasteiger partial charge in [-0.2, -0.15) is 0 Å². The molecular weight excluding hydrogens is 366 g/mol. The molecule has 0 aromatic heterocycles. The van der Waals surface area contributed by atoms with E-state index in [0.29, 0.717) is 12.5 Å². The van der Waals surface area contributed by atoms with Crippen molar-refractivity contribution in [1.29, 1.82) is 0 Å². The van der Waals surface area contributed by atoms with E-state index in [4.69, 9.17) is 0 Å². The zero-order valence-corrected chi connectivity index (χ0v) is 17.0. The molecule has 0 spiro atoms. The van der Waals surface area contributed by atoms with E-state index in [1.54, 1.807) is 12.1 Å². The van der Waals surface area contributed by atoms with Crippen LogP contribution < -0.4 is 10.0 Å². The molecule has 8 heteroatoms. The van der Waals surface area contributed by atoms with Crippen molar-refractivity contribution in [3.63, 3.8) is 0 Å². The Labute approximate surface area is 161 Å². The van der Waals surface area contributed by atoms with E-state index in [-0.39, 0.29) is 23.4 Å². The lowest BCUT2D eigenvalue weighted by Crippen LogP contribution is -2.47. The lowest BCUT2D eigenvalue weighted by molar-refractivity contribution is -0.121. The van der Waals surface area contributed by atoms with Gasteiger partial charge >= 0.3 is 0 Å². The monoisotopic (exact) mass is 395 g/mol. The van der Waals surface area contributed by atoms with Crippen molar-refractivity contribution in [3.8, 4) is 0 Å². The van der Waals surface area contributed by atoms with E-state index in [1.807, 2.05) is 0 Å². The lowest BCUT2D eigenvalue weighted by atomic mass is 9.91. The Morgan fingerprint density at radius 3 is 2.44 bits per heavy atom. The van der Waals surface area contributed by atoms with Gasteiger partial charge in [-0.15, -0.1) is 0 Å². The number of rotatable bonds is 7. The van der Waals surface area contributed by atoms with E-state index < -0.39 is 15.9 Å². The van der Waals surface area contributed by atoms with Gasteiger partial charge < -0.3 is 5.32 Å². The largest absolute Gasteiger partial charge is 0.352 e. The summed E-state index contributed by atoms with van der Waals surface area (Å²) >= 11 is 0. The number of carbonyl (C=O) groups excluding carboxylic acids is 2. The first-order chi connectivity index (χ1) is 12.7. The van der Waals surface area contributed by atoms with Gasteiger partial charge in [0.05, 0.1) is 11.4 Å². The quantitative estimate of drug-likeness (QED) is 0.732. The number of nitrogens with zero attached hydrogens (tertiary/aromatic N) is 1. The van der Waals surface area contributed by atoms with E-state index in [2.05, 4.69) is 28.8 Å². The van der Waals surface area contributed by atoms with Crippen LogP contribution in [-0.4, -0.2) is 44.3 Å². The van der Waals surface area contributed by atoms with Crippen LogP contribution in [-0.2, 0) is 26.2 Å². The molecule has 0 saturated carbocycles. The van der Waals surface area contributed by atoms with Crippen molar-refractivity contribution in [2.24, 2.45) is 5.92 Å². The number of amides is 2. The second-order valence-electron chi connectivity index (χ2n) is 7.21. The Bertz CT molecular complexity index is 762. The molecule has 1 aliphatic rings. The summed E-state index contributed by atoms with van der Waals surface area (Å²) in [5.41, 5.74) is 0.781. The molecule has 1 aromatic rings. The zero-order valence-electron chi connectivity index (χ0n) is 16.2. The molecule has 0 aliphatic carbocycles. The predicted octanol–water partition coefficient (Wildman–Crippen LogP) is 1.64. The van der Waals surface area contributed by atoms with Crippen LogP contribution in [0.3, 0.4) is 0 Å².